The molecule has 1 aliphatic rings. The number of aryl methyl sites for hydroxylation is 2. The second kappa shape index (κ2) is 7.17. The van der Waals surface area contributed by atoms with E-state index in [0.717, 1.165) is 42.9 Å². The van der Waals surface area contributed by atoms with Gasteiger partial charge >= 0.3 is 0 Å². The third-order valence-electron chi connectivity index (χ3n) is 4.61. The quantitative estimate of drug-likeness (QED) is 0.897. The molecule has 1 saturated heterocycles. The van der Waals surface area contributed by atoms with Gasteiger partial charge in [0.1, 0.15) is 0 Å². The standard InChI is InChI=1S/C17H26N6O/c1-13-7-16(20-19-13)15-5-4-6-23(11-15)12-17(24)21(2)9-14-8-18-22(3)10-14/h7-8,10,15H,4-6,9,11-12H2,1-3H3,(H,19,20)/t15-/m0/s1. The van der Waals surface area contributed by atoms with Gasteiger partial charge < -0.3 is 4.90 Å². The maximum absolute atomic E-state index is 12.5. The number of aromatic amines is 1. The summed E-state index contributed by atoms with van der Waals surface area (Å²) in [4.78, 5) is 16.5. The van der Waals surface area contributed by atoms with Crippen molar-refractivity contribution >= 4 is 5.91 Å². The fourth-order valence-corrected chi connectivity index (χ4v) is 3.32. The van der Waals surface area contributed by atoms with Gasteiger partial charge in [-0.15, -0.1) is 0 Å². The van der Waals surface area contributed by atoms with E-state index in [4.69, 9.17) is 0 Å². The zero-order valence-corrected chi connectivity index (χ0v) is 14.7. The summed E-state index contributed by atoms with van der Waals surface area (Å²) in [5.74, 6) is 0.567. The summed E-state index contributed by atoms with van der Waals surface area (Å²) >= 11 is 0. The largest absolute Gasteiger partial charge is 0.340 e. The SMILES string of the molecule is Cc1cc([C@H]2CCCN(CC(=O)N(C)Cc3cnn(C)c3)C2)n[nH]1. The number of likely N-dealkylation sites (N-methyl/N-ethyl adjacent to an activating group) is 1. The summed E-state index contributed by atoms with van der Waals surface area (Å²) in [7, 11) is 3.74. The average Bonchev–Trinajstić information content (AvgIpc) is 3.16. The van der Waals surface area contributed by atoms with Crippen molar-refractivity contribution in [3.05, 3.63) is 35.4 Å². The average molecular weight is 330 g/mol. The first kappa shape index (κ1) is 16.7. The smallest absolute Gasteiger partial charge is 0.236 e. The number of hydrogen-bond donors (Lipinski definition) is 1. The second-order valence-electron chi connectivity index (χ2n) is 6.82. The Kier molecular flexibility index (Phi) is 4.99. The molecule has 0 unspecified atom stereocenters. The molecule has 7 heteroatoms. The number of nitrogens with one attached hydrogen (secondary N) is 1. The Labute approximate surface area is 142 Å². The van der Waals surface area contributed by atoms with Crippen LogP contribution in [0.4, 0.5) is 0 Å². The number of H-pyrrole nitrogens is 1. The first-order chi connectivity index (χ1) is 11.5. The Balaban J connectivity index is 1.53. The van der Waals surface area contributed by atoms with Crippen LogP contribution in [0.2, 0.25) is 0 Å². The van der Waals surface area contributed by atoms with Crippen LogP contribution in [0, 0.1) is 6.92 Å². The molecular formula is C17H26N6O. The molecule has 0 saturated carbocycles. The molecule has 3 rings (SSSR count). The zero-order chi connectivity index (χ0) is 17.1. The number of carbonyl (C=O) groups excluding carboxylic acids is 1. The molecule has 1 atom stereocenters. The molecule has 0 aromatic carbocycles. The van der Waals surface area contributed by atoms with Gasteiger partial charge in [0.2, 0.25) is 5.91 Å². The van der Waals surface area contributed by atoms with Crippen LogP contribution in [0.1, 0.15) is 35.7 Å². The Hall–Kier alpha value is -2.15. The number of piperidine rings is 1. The molecule has 1 N–H and O–H groups in total. The summed E-state index contributed by atoms with van der Waals surface area (Å²) in [6.07, 6.45) is 6.00. The van der Waals surface area contributed by atoms with Crippen molar-refractivity contribution in [2.24, 2.45) is 7.05 Å². The van der Waals surface area contributed by atoms with E-state index >= 15 is 0 Å². The van der Waals surface area contributed by atoms with Gasteiger partial charge in [-0.1, -0.05) is 0 Å². The van der Waals surface area contributed by atoms with Crippen molar-refractivity contribution in [1.82, 2.24) is 29.8 Å². The minimum absolute atomic E-state index is 0.151. The minimum Gasteiger partial charge on any atom is -0.340 e. The van der Waals surface area contributed by atoms with Crippen molar-refractivity contribution in [3.8, 4) is 0 Å². The maximum Gasteiger partial charge on any atom is 0.236 e. The van der Waals surface area contributed by atoms with Gasteiger partial charge in [0.15, 0.2) is 0 Å². The van der Waals surface area contributed by atoms with Gasteiger partial charge in [-0.3, -0.25) is 19.5 Å². The lowest BCUT2D eigenvalue weighted by molar-refractivity contribution is -0.131. The summed E-state index contributed by atoms with van der Waals surface area (Å²) in [6.45, 7) is 4.97. The molecule has 1 amide bonds. The second-order valence-corrected chi connectivity index (χ2v) is 6.82. The van der Waals surface area contributed by atoms with Crippen LogP contribution >= 0.6 is 0 Å². The van der Waals surface area contributed by atoms with Gasteiger partial charge in [-0.05, 0) is 32.4 Å². The van der Waals surface area contributed by atoms with Gasteiger partial charge in [0, 0.05) is 50.6 Å². The van der Waals surface area contributed by atoms with E-state index in [1.165, 1.54) is 0 Å². The predicted molar refractivity (Wildman–Crippen MR) is 91.4 cm³/mol. The monoisotopic (exact) mass is 330 g/mol. The normalized spacial score (nSPS) is 18.7. The third-order valence-corrected chi connectivity index (χ3v) is 4.61. The van der Waals surface area contributed by atoms with Crippen molar-refractivity contribution in [2.75, 3.05) is 26.7 Å². The van der Waals surface area contributed by atoms with E-state index in [1.54, 1.807) is 15.8 Å². The van der Waals surface area contributed by atoms with Crippen LogP contribution in [0.5, 0.6) is 0 Å². The lowest BCUT2D eigenvalue weighted by Crippen LogP contribution is -2.42. The van der Waals surface area contributed by atoms with Gasteiger partial charge in [-0.25, -0.2) is 0 Å². The first-order valence-corrected chi connectivity index (χ1v) is 8.47. The molecule has 0 spiro atoms. The number of hydrogen-bond acceptors (Lipinski definition) is 4. The summed E-state index contributed by atoms with van der Waals surface area (Å²) in [5, 5.41) is 11.6. The summed E-state index contributed by atoms with van der Waals surface area (Å²) < 4.78 is 1.76. The van der Waals surface area contributed by atoms with Crippen molar-refractivity contribution in [2.45, 2.75) is 32.2 Å². The molecule has 0 bridgehead atoms. The summed E-state index contributed by atoms with van der Waals surface area (Å²) in [6, 6.07) is 2.12. The number of amides is 1. The molecule has 1 aliphatic heterocycles. The van der Waals surface area contributed by atoms with E-state index in [-0.39, 0.29) is 5.91 Å². The maximum atomic E-state index is 12.5. The number of rotatable bonds is 5. The molecule has 2 aromatic heterocycles. The lowest BCUT2D eigenvalue weighted by Gasteiger charge is -2.32. The Bertz CT molecular complexity index is 691. The van der Waals surface area contributed by atoms with E-state index in [0.29, 0.717) is 19.0 Å². The molecular weight excluding hydrogens is 304 g/mol. The van der Waals surface area contributed by atoms with Gasteiger partial charge in [0.25, 0.3) is 0 Å². The van der Waals surface area contributed by atoms with Crippen molar-refractivity contribution in [3.63, 3.8) is 0 Å². The van der Waals surface area contributed by atoms with Crippen LogP contribution in [0.3, 0.4) is 0 Å². The molecule has 3 heterocycles. The van der Waals surface area contributed by atoms with E-state index in [2.05, 4.69) is 26.3 Å². The predicted octanol–water partition coefficient (Wildman–Crippen LogP) is 1.29. The Morgan fingerprint density at radius 3 is 3.00 bits per heavy atom. The molecule has 1 fully saturated rings. The fraction of sp³-hybridized carbons (Fsp3) is 0.588. The molecule has 130 valence electrons. The van der Waals surface area contributed by atoms with Crippen LogP contribution < -0.4 is 0 Å². The topological polar surface area (TPSA) is 70.1 Å². The Morgan fingerprint density at radius 1 is 1.50 bits per heavy atom. The van der Waals surface area contributed by atoms with Gasteiger partial charge in [0.05, 0.1) is 18.4 Å². The highest BCUT2D eigenvalue weighted by atomic mass is 16.2. The molecule has 24 heavy (non-hydrogen) atoms. The van der Waals surface area contributed by atoms with Crippen LogP contribution in [0.15, 0.2) is 18.5 Å². The molecule has 7 nitrogen and oxygen atoms in total. The van der Waals surface area contributed by atoms with Crippen molar-refractivity contribution < 1.29 is 4.79 Å². The zero-order valence-electron chi connectivity index (χ0n) is 14.7. The number of likely N-dealkylation sites (tertiary alicyclic amines) is 1. The van der Waals surface area contributed by atoms with Crippen LogP contribution in [-0.2, 0) is 18.4 Å². The molecule has 0 radical (unpaired) electrons. The highest BCUT2D eigenvalue weighted by Gasteiger charge is 2.25. The third kappa shape index (κ3) is 4.03. The van der Waals surface area contributed by atoms with E-state index < -0.39 is 0 Å². The number of carbonyl (C=O) groups is 1. The highest BCUT2D eigenvalue weighted by molar-refractivity contribution is 5.78. The fourth-order valence-electron chi connectivity index (χ4n) is 3.32. The van der Waals surface area contributed by atoms with Crippen LogP contribution in [0.25, 0.3) is 0 Å². The van der Waals surface area contributed by atoms with E-state index in [1.807, 2.05) is 27.2 Å². The number of nitrogens with zero attached hydrogens (tertiary/aromatic N) is 5. The minimum atomic E-state index is 0.151. The van der Waals surface area contributed by atoms with E-state index in [9.17, 15) is 4.79 Å². The molecule has 2 aromatic rings. The Morgan fingerprint density at radius 2 is 2.33 bits per heavy atom. The number of aromatic nitrogens is 4. The van der Waals surface area contributed by atoms with Crippen LogP contribution in [-0.4, -0.2) is 62.4 Å². The highest BCUT2D eigenvalue weighted by Crippen LogP contribution is 2.25. The molecule has 0 aliphatic carbocycles. The summed E-state index contributed by atoms with van der Waals surface area (Å²) in [5.41, 5.74) is 3.26. The van der Waals surface area contributed by atoms with Crippen molar-refractivity contribution in [1.29, 1.82) is 0 Å². The lowest BCUT2D eigenvalue weighted by atomic mass is 9.94. The first-order valence-electron chi connectivity index (χ1n) is 8.47. The van der Waals surface area contributed by atoms with Gasteiger partial charge in [-0.2, -0.15) is 10.2 Å².